The predicted octanol–water partition coefficient (Wildman–Crippen LogP) is 0.689. The van der Waals surface area contributed by atoms with Crippen LogP contribution in [0.3, 0.4) is 0 Å². The summed E-state index contributed by atoms with van der Waals surface area (Å²) in [4.78, 5) is 36.5. The molecule has 0 aliphatic carbocycles. The number of rotatable bonds is 21. The van der Waals surface area contributed by atoms with E-state index < -0.39 is 0 Å². The highest BCUT2D eigenvalue weighted by Gasteiger charge is 2.09. The lowest BCUT2D eigenvalue weighted by molar-refractivity contribution is -0.124. The number of anilines is 1. The molecule has 1 aromatic carbocycles. The fourth-order valence-electron chi connectivity index (χ4n) is 3.27. The molecule has 0 heterocycles. The molecule has 0 saturated heterocycles. The Hall–Kier alpha value is -2.53. The van der Waals surface area contributed by atoms with Gasteiger partial charge in [0.25, 0.3) is 5.91 Å². The molecular formula is C25H45N7O3. The van der Waals surface area contributed by atoms with Gasteiger partial charge < -0.3 is 38.1 Å². The van der Waals surface area contributed by atoms with Crippen molar-refractivity contribution in [2.45, 2.75) is 51.4 Å². The zero-order chi connectivity index (χ0) is 25.6. The lowest BCUT2D eigenvalue weighted by Crippen LogP contribution is -2.28. The van der Waals surface area contributed by atoms with Crippen molar-refractivity contribution in [1.82, 2.24) is 21.3 Å². The topological polar surface area (TPSA) is 163 Å². The first-order chi connectivity index (χ1) is 17.1. The number of hydrogen-bond acceptors (Lipinski definition) is 7. The van der Waals surface area contributed by atoms with E-state index in [1.54, 1.807) is 24.3 Å². The van der Waals surface area contributed by atoms with Crippen LogP contribution in [0.15, 0.2) is 24.3 Å². The highest BCUT2D eigenvalue weighted by atomic mass is 16.2. The number of carbonyl (C=O) groups excluding carboxylic acids is 3. The third kappa shape index (κ3) is 16.7. The minimum atomic E-state index is -0.264. The molecule has 0 fully saturated rings. The Morgan fingerprint density at radius 3 is 1.86 bits per heavy atom. The summed E-state index contributed by atoms with van der Waals surface area (Å²) in [5.74, 6) is -0.595. The van der Waals surface area contributed by atoms with Crippen molar-refractivity contribution >= 4 is 23.4 Å². The van der Waals surface area contributed by atoms with Crippen molar-refractivity contribution in [3.63, 3.8) is 0 Å². The first-order valence-corrected chi connectivity index (χ1v) is 12.8. The van der Waals surface area contributed by atoms with Crippen LogP contribution in [0, 0.1) is 0 Å². The number of amides is 3. The standard InChI is InChI=1S/C25H45N7O3/c26-12-1-3-14-28-16-6-18-30-23(33)10-11-24(34)32-22-9-5-8-21(20-22)25(35)31-19-7-17-29-15-4-2-13-27/h5,8-9,20,28-29H,1-4,6-7,10-19,26-27H2,(H,30,33)(H,31,35)(H,32,34). The van der Waals surface area contributed by atoms with Crippen LogP contribution in [0.1, 0.15) is 61.7 Å². The van der Waals surface area contributed by atoms with Gasteiger partial charge in [-0.1, -0.05) is 6.07 Å². The normalized spacial score (nSPS) is 10.7. The summed E-state index contributed by atoms with van der Waals surface area (Å²) >= 11 is 0. The van der Waals surface area contributed by atoms with E-state index in [1.807, 2.05) is 0 Å². The molecule has 10 nitrogen and oxygen atoms in total. The number of hydrogen-bond donors (Lipinski definition) is 7. The van der Waals surface area contributed by atoms with Gasteiger partial charge in [-0.25, -0.2) is 0 Å². The third-order valence-corrected chi connectivity index (χ3v) is 5.27. The van der Waals surface area contributed by atoms with Crippen molar-refractivity contribution in [3.05, 3.63) is 29.8 Å². The van der Waals surface area contributed by atoms with Crippen LogP contribution >= 0.6 is 0 Å². The molecule has 3 amide bonds. The zero-order valence-corrected chi connectivity index (χ0v) is 21.0. The highest BCUT2D eigenvalue weighted by molar-refractivity contribution is 5.97. The van der Waals surface area contributed by atoms with E-state index in [0.29, 0.717) is 37.4 Å². The second-order valence-corrected chi connectivity index (χ2v) is 8.43. The molecule has 1 aromatic rings. The number of nitrogens with one attached hydrogen (secondary N) is 5. The molecule has 1 rings (SSSR count). The fourth-order valence-corrected chi connectivity index (χ4v) is 3.27. The van der Waals surface area contributed by atoms with Crippen LogP contribution in [0.25, 0.3) is 0 Å². The van der Waals surface area contributed by atoms with Gasteiger partial charge in [-0.05, 0) is 96.0 Å². The molecule has 0 bridgehead atoms. The quantitative estimate of drug-likeness (QED) is 0.124. The summed E-state index contributed by atoms with van der Waals surface area (Å²) in [5.41, 5.74) is 11.9. The third-order valence-electron chi connectivity index (χ3n) is 5.27. The number of unbranched alkanes of at least 4 members (excludes halogenated alkanes) is 2. The molecule has 0 saturated carbocycles. The zero-order valence-electron chi connectivity index (χ0n) is 21.0. The average Bonchev–Trinajstić information content (AvgIpc) is 2.86. The van der Waals surface area contributed by atoms with Crippen molar-refractivity contribution in [3.8, 4) is 0 Å². The Morgan fingerprint density at radius 1 is 0.657 bits per heavy atom. The van der Waals surface area contributed by atoms with E-state index in [4.69, 9.17) is 11.5 Å². The monoisotopic (exact) mass is 491 g/mol. The molecule has 0 spiro atoms. The maximum atomic E-state index is 12.4. The van der Waals surface area contributed by atoms with Gasteiger partial charge in [0.15, 0.2) is 0 Å². The number of carbonyl (C=O) groups is 3. The number of nitrogens with two attached hydrogens (primary N) is 2. The van der Waals surface area contributed by atoms with E-state index >= 15 is 0 Å². The van der Waals surface area contributed by atoms with E-state index in [2.05, 4.69) is 26.6 Å². The average molecular weight is 492 g/mol. The molecule has 0 aliphatic rings. The summed E-state index contributed by atoms with van der Waals surface area (Å²) in [6.07, 6.45) is 6.00. The van der Waals surface area contributed by atoms with Crippen molar-refractivity contribution in [2.75, 3.05) is 57.7 Å². The maximum Gasteiger partial charge on any atom is 0.251 e. The molecule has 0 aliphatic heterocycles. The Balaban J connectivity index is 2.19. The summed E-state index contributed by atoms with van der Waals surface area (Å²) in [6, 6.07) is 6.79. The van der Waals surface area contributed by atoms with Gasteiger partial charge >= 0.3 is 0 Å². The lowest BCUT2D eigenvalue weighted by Gasteiger charge is -2.09. The molecule has 10 heteroatoms. The van der Waals surface area contributed by atoms with Gasteiger partial charge in [-0.15, -0.1) is 0 Å². The molecule has 0 radical (unpaired) electrons. The molecule has 0 aromatic heterocycles. The van der Waals surface area contributed by atoms with E-state index in [0.717, 1.165) is 64.7 Å². The summed E-state index contributed by atoms with van der Waals surface area (Å²) in [7, 11) is 0. The first-order valence-electron chi connectivity index (χ1n) is 12.8. The van der Waals surface area contributed by atoms with Gasteiger partial charge in [-0.3, -0.25) is 14.4 Å². The molecule has 0 unspecified atom stereocenters. The Labute approximate surface area is 209 Å². The Bertz CT molecular complexity index is 731. The lowest BCUT2D eigenvalue weighted by atomic mass is 10.1. The Kier molecular flexibility index (Phi) is 18.1. The summed E-state index contributed by atoms with van der Waals surface area (Å²) < 4.78 is 0. The molecule has 198 valence electrons. The van der Waals surface area contributed by atoms with Crippen molar-refractivity contribution in [2.24, 2.45) is 11.5 Å². The van der Waals surface area contributed by atoms with Crippen LogP contribution in [0.4, 0.5) is 5.69 Å². The van der Waals surface area contributed by atoms with E-state index in [-0.39, 0.29) is 30.6 Å². The molecule has 35 heavy (non-hydrogen) atoms. The van der Waals surface area contributed by atoms with Crippen LogP contribution in [-0.4, -0.2) is 70.1 Å². The van der Waals surface area contributed by atoms with Crippen LogP contribution < -0.4 is 38.1 Å². The molecular weight excluding hydrogens is 446 g/mol. The second-order valence-electron chi connectivity index (χ2n) is 8.43. The van der Waals surface area contributed by atoms with Crippen LogP contribution in [0.2, 0.25) is 0 Å². The summed E-state index contributed by atoms with van der Waals surface area (Å²) in [6.45, 7) is 6.10. The van der Waals surface area contributed by atoms with E-state index in [1.165, 1.54) is 0 Å². The maximum absolute atomic E-state index is 12.4. The highest BCUT2D eigenvalue weighted by Crippen LogP contribution is 2.11. The number of benzene rings is 1. The minimum absolute atomic E-state index is 0.0812. The minimum Gasteiger partial charge on any atom is -0.356 e. The van der Waals surface area contributed by atoms with Gasteiger partial charge in [0.1, 0.15) is 0 Å². The largest absolute Gasteiger partial charge is 0.356 e. The molecule has 0 atom stereocenters. The van der Waals surface area contributed by atoms with Crippen LogP contribution in [0.5, 0.6) is 0 Å². The van der Waals surface area contributed by atoms with Gasteiger partial charge in [0.2, 0.25) is 11.8 Å². The van der Waals surface area contributed by atoms with Gasteiger partial charge in [0.05, 0.1) is 0 Å². The first kappa shape index (κ1) is 30.5. The SMILES string of the molecule is NCCCCNCCCNC(=O)CCC(=O)Nc1cccc(C(=O)NCCCNCCCCN)c1. The molecule has 9 N–H and O–H groups in total. The van der Waals surface area contributed by atoms with Gasteiger partial charge in [0, 0.05) is 37.2 Å². The van der Waals surface area contributed by atoms with Gasteiger partial charge in [-0.2, -0.15) is 0 Å². The van der Waals surface area contributed by atoms with Crippen molar-refractivity contribution < 1.29 is 14.4 Å². The predicted molar refractivity (Wildman–Crippen MR) is 141 cm³/mol. The van der Waals surface area contributed by atoms with E-state index in [9.17, 15) is 14.4 Å². The smallest absolute Gasteiger partial charge is 0.251 e. The van der Waals surface area contributed by atoms with Crippen molar-refractivity contribution in [1.29, 1.82) is 0 Å². The fraction of sp³-hybridized carbons (Fsp3) is 0.640. The Morgan fingerprint density at radius 2 is 1.23 bits per heavy atom. The second kappa shape index (κ2) is 20.8. The summed E-state index contributed by atoms with van der Waals surface area (Å²) in [5, 5.41) is 15.1. The van der Waals surface area contributed by atoms with Crippen LogP contribution in [-0.2, 0) is 9.59 Å².